The molecule has 18 heavy (non-hydrogen) atoms. The fraction of sp³-hybridized carbons (Fsp3) is 0.786. The predicted octanol–water partition coefficient (Wildman–Crippen LogP) is 2.61. The molecule has 2 rings (SSSR count). The molecule has 1 fully saturated rings. The summed E-state index contributed by atoms with van der Waals surface area (Å²) in [6.45, 7) is 11.4. The van der Waals surface area contributed by atoms with Gasteiger partial charge in [-0.25, -0.2) is 4.98 Å². The van der Waals surface area contributed by atoms with Crippen molar-refractivity contribution in [3.63, 3.8) is 0 Å². The lowest BCUT2D eigenvalue weighted by Gasteiger charge is -2.31. The third kappa shape index (κ3) is 3.25. The van der Waals surface area contributed by atoms with Crippen molar-refractivity contribution >= 4 is 5.95 Å². The summed E-state index contributed by atoms with van der Waals surface area (Å²) >= 11 is 0. The molecule has 2 heterocycles. The Labute approximate surface area is 110 Å². The molecule has 0 amide bonds. The molecule has 0 aromatic carbocycles. The van der Waals surface area contributed by atoms with Crippen molar-refractivity contribution in [1.29, 1.82) is 0 Å². The lowest BCUT2D eigenvalue weighted by molar-refractivity contribution is 0.198. The molecule has 1 aliphatic rings. The molecule has 0 aliphatic carbocycles. The van der Waals surface area contributed by atoms with E-state index in [1.807, 2.05) is 12.4 Å². The minimum Gasteiger partial charge on any atom is -0.355 e. The number of nitrogens with zero attached hydrogens (tertiary/aromatic N) is 3. The number of hydrogen-bond donors (Lipinski definition) is 1. The lowest BCUT2D eigenvalue weighted by Crippen LogP contribution is -2.35. The highest BCUT2D eigenvalue weighted by Gasteiger charge is 2.18. The van der Waals surface area contributed by atoms with Crippen LogP contribution in [0.5, 0.6) is 0 Å². The van der Waals surface area contributed by atoms with Crippen LogP contribution in [-0.4, -0.2) is 40.6 Å². The molecule has 1 aromatic heterocycles. The summed E-state index contributed by atoms with van der Waals surface area (Å²) in [7, 11) is 0. The van der Waals surface area contributed by atoms with E-state index in [1.54, 1.807) is 0 Å². The zero-order valence-electron chi connectivity index (χ0n) is 11.9. The van der Waals surface area contributed by atoms with E-state index in [4.69, 9.17) is 0 Å². The average molecular weight is 250 g/mol. The number of hydrogen-bond acceptors (Lipinski definition) is 3. The van der Waals surface area contributed by atoms with Crippen LogP contribution in [0.3, 0.4) is 0 Å². The third-order valence-electron chi connectivity index (χ3n) is 3.93. The molecule has 0 atom stereocenters. The number of nitrogens with one attached hydrogen (secondary N) is 1. The largest absolute Gasteiger partial charge is 0.355 e. The van der Waals surface area contributed by atoms with Crippen molar-refractivity contribution in [2.24, 2.45) is 5.92 Å². The van der Waals surface area contributed by atoms with Gasteiger partial charge in [0.15, 0.2) is 0 Å². The van der Waals surface area contributed by atoms with Crippen LogP contribution in [0.25, 0.3) is 0 Å². The molecular formula is C14H26N4. The normalized spacial score (nSPS) is 18.4. The summed E-state index contributed by atoms with van der Waals surface area (Å²) in [6, 6.07) is 0.469. The van der Waals surface area contributed by atoms with Gasteiger partial charge in [0.05, 0.1) is 0 Å². The van der Waals surface area contributed by atoms with Gasteiger partial charge >= 0.3 is 0 Å². The smallest absolute Gasteiger partial charge is 0.203 e. The van der Waals surface area contributed by atoms with E-state index in [9.17, 15) is 0 Å². The molecule has 1 saturated heterocycles. The standard InChI is InChI=1S/C14H26N4/c1-4-17-8-5-13(6-9-17)11-16-14-15-7-10-18(14)12(2)3/h7,10,12-13H,4-6,8-9,11H2,1-3H3,(H,15,16). The van der Waals surface area contributed by atoms with Crippen LogP contribution >= 0.6 is 0 Å². The van der Waals surface area contributed by atoms with Crippen molar-refractivity contribution in [3.05, 3.63) is 12.4 Å². The molecule has 4 heteroatoms. The number of rotatable bonds is 5. The van der Waals surface area contributed by atoms with Crippen LogP contribution < -0.4 is 5.32 Å². The summed E-state index contributed by atoms with van der Waals surface area (Å²) in [5, 5.41) is 3.51. The second kappa shape index (κ2) is 6.23. The first-order valence-electron chi connectivity index (χ1n) is 7.19. The Morgan fingerprint density at radius 1 is 1.39 bits per heavy atom. The Morgan fingerprint density at radius 3 is 2.72 bits per heavy atom. The van der Waals surface area contributed by atoms with E-state index in [1.165, 1.54) is 32.5 Å². The molecule has 0 spiro atoms. The number of imidazole rings is 1. The van der Waals surface area contributed by atoms with Crippen molar-refractivity contribution in [1.82, 2.24) is 14.5 Å². The highest BCUT2D eigenvalue weighted by molar-refractivity contribution is 5.26. The fourth-order valence-corrected chi connectivity index (χ4v) is 2.61. The fourth-order valence-electron chi connectivity index (χ4n) is 2.61. The van der Waals surface area contributed by atoms with E-state index in [0.717, 1.165) is 18.4 Å². The Morgan fingerprint density at radius 2 is 2.11 bits per heavy atom. The highest BCUT2D eigenvalue weighted by atomic mass is 15.2. The van der Waals surface area contributed by atoms with E-state index >= 15 is 0 Å². The van der Waals surface area contributed by atoms with Gasteiger partial charge in [-0.05, 0) is 52.2 Å². The second-order valence-electron chi connectivity index (χ2n) is 5.51. The van der Waals surface area contributed by atoms with Crippen molar-refractivity contribution in [2.75, 3.05) is 31.5 Å². The molecular weight excluding hydrogens is 224 g/mol. The Hall–Kier alpha value is -1.03. The lowest BCUT2D eigenvalue weighted by atomic mass is 9.97. The third-order valence-corrected chi connectivity index (χ3v) is 3.93. The first kappa shape index (κ1) is 13.4. The highest BCUT2D eigenvalue weighted by Crippen LogP contribution is 2.18. The van der Waals surface area contributed by atoms with E-state index in [0.29, 0.717) is 6.04 Å². The van der Waals surface area contributed by atoms with Crippen LogP contribution in [-0.2, 0) is 0 Å². The van der Waals surface area contributed by atoms with E-state index in [-0.39, 0.29) is 0 Å². The van der Waals surface area contributed by atoms with Crippen LogP contribution in [0.2, 0.25) is 0 Å². The predicted molar refractivity (Wildman–Crippen MR) is 75.9 cm³/mol. The molecule has 0 bridgehead atoms. The molecule has 102 valence electrons. The first-order chi connectivity index (χ1) is 8.70. The van der Waals surface area contributed by atoms with Crippen LogP contribution in [0.1, 0.15) is 39.7 Å². The number of likely N-dealkylation sites (tertiary alicyclic amines) is 1. The van der Waals surface area contributed by atoms with Gasteiger partial charge in [0.25, 0.3) is 0 Å². The average Bonchev–Trinajstić information content (AvgIpc) is 2.85. The van der Waals surface area contributed by atoms with Crippen molar-refractivity contribution in [3.8, 4) is 0 Å². The number of piperidine rings is 1. The van der Waals surface area contributed by atoms with Crippen LogP contribution in [0.15, 0.2) is 12.4 Å². The van der Waals surface area contributed by atoms with E-state index < -0.39 is 0 Å². The summed E-state index contributed by atoms with van der Waals surface area (Å²) in [5.74, 6) is 1.81. The van der Waals surface area contributed by atoms with Gasteiger partial charge in [-0.15, -0.1) is 0 Å². The second-order valence-corrected chi connectivity index (χ2v) is 5.51. The zero-order chi connectivity index (χ0) is 13.0. The van der Waals surface area contributed by atoms with Gasteiger partial charge in [-0.3, -0.25) is 0 Å². The molecule has 0 unspecified atom stereocenters. The molecule has 0 saturated carbocycles. The Bertz CT molecular complexity index is 350. The van der Waals surface area contributed by atoms with Gasteiger partial charge in [0, 0.05) is 25.0 Å². The maximum atomic E-state index is 4.39. The Balaban J connectivity index is 1.80. The summed E-state index contributed by atoms with van der Waals surface area (Å²) in [5.41, 5.74) is 0. The topological polar surface area (TPSA) is 33.1 Å². The maximum Gasteiger partial charge on any atom is 0.203 e. The van der Waals surface area contributed by atoms with Crippen LogP contribution in [0, 0.1) is 5.92 Å². The van der Waals surface area contributed by atoms with Crippen LogP contribution in [0.4, 0.5) is 5.95 Å². The van der Waals surface area contributed by atoms with Gasteiger partial charge in [-0.1, -0.05) is 6.92 Å². The SMILES string of the molecule is CCN1CCC(CNc2nccn2C(C)C)CC1. The molecule has 1 aliphatic heterocycles. The van der Waals surface area contributed by atoms with Crippen molar-refractivity contribution < 1.29 is 0 Å². The summed E-state index contributed by atoms with van der Waals surface area (Å²) in [6.07, 6.45) is 6.54. The summed E-state index contributed by atoms with van der Waals surface area (Å²) < 4.78 is 2.20. The first-order valence-corrected chi connectivity index (χ1v) is 7.19. The number of anilines is 1. The maximum absolute atomic E-state index is 4.39. The molecule has 0 radical (unpaired) electrons. The van der Waals surface area contributed by atoms with Gasteiger partial charge in [0.1, 0.15) is 0 Å². The summed E-state index contributed by atoms with van der Waals surface area (Å²) in [4.78, 5) is 6.93. The monoisotopic (exact) mass is 250 g/mol. The number of aromatic nitrogens is 2. The van der Waals surface area contributed by atoms with Crippen molar-refractivity contribution in [2.45, 2.75) is 39.7 Å². The quantitative estimate of drug-likeness (QED) is 0.872. The minimum atomic E-state index is 0.469. The minimum absolute atomic E-state index is 0.469. The zero-order valence-corrected chi connectivity index (χ0v) is 11.9. The van der Waals surface area contributed by atoms with Gasteiger partial charge in [-0.2, -0.15) is 0 Å². The Kier molecular flexibility index (Phi) is 4.64. The molecule has 1 N–H and O–H groups in total. The molecule has 4 nitrogen and oxygen atoms in total. The van der Waals surface area contributed by atoms with Gasteiger partial charge in [0.2, 0.25) is 5.95 Å². The molecule has 1 aromatic rings. The van der Waals surface area contributed by atoms with Gasteiger partial charge < -0.3 is 14.8 Å². The van der Waals surface area contributed by atoms with E-state index in [2.05, 4.69) is 40.5 Å².